The molecule has 2 rings (SSSR count). The largest absolute Gasteiger partial charge is 0.409 e. The molecule has 0 bridgehead atoms. The minimum absolute atomic E-state index is 0.0173. The van der Waals surface area contributed by atoms with Crippen LogP contribution in [0.15, 0.2) is 17.3 Å². The van der Waals surface area contributed by atoms with Crippen LogP contribution in [-0.2, 0) is 0 Å². The molecule has 1 aromatic carbocycles. The second kappa shape index (κ2) is 5.62. The zero-order valence-electron chi connectivity index (χ0n) is 11.1. The lowest BCUT2D eigenvalue weighted by molar-refractivity contribution is 0.0966. The Hall–Kier alpha value is -1.89. The van der Waals surface area contributed by atoms with Crippen molar-refractivity contribution < 1.29 is 19.1 Å². The van der Waals surface area contributed by atoms with Gasteiger partial charge in [0.2, 0.25) is 0 Å². The Morgan fingerprint density at radius 2 is 2.00 bits per heavy atom. The third-order valence-corrected chi connectivity index (χ3v) is 3.60. The van der Waals surface area contributed by atoms with Crippen molar-refractivity contribution in [3.8, 4) is 0 Å². The smallest absolute Gasteiger partial charge is 0.170 e. The molecule has 0 radical (unpaired) electrons. The zero-order chi connectivity index (χ0) is 14.9. The Morgan fingerprint density at radius 1 is 1.40 bits per heavy atom. The van der Waals surface area contributed by atoms with Gasteiger partial charge in [0.25, 0.3) is 0 Å². The van der Waals surface area contributed by atoms with Gasteiger partial charge >= 0.3 is 0 Å². The Morgan fingerprint density at radius 3 is 2.50 bits per heavy atom. The number of aliphatic hydroxyl groups is 1. The molecule has 0 amide bonds. The van der Waals surface area contributed by atoms with Crippen LogP contribution in [0.4, 0.5) is 14.5 Å². The Kier molecular flexibility index (Phi) is 4.08. The minimum atomic E-state index is -0.768. The highest BCUT2D eigenvalue weighted by atomic mass is 19.1. The summed E-state index contributed by atoms with van der Waals surface area (Å²) in [5.74, 6) is -1.95. The molecular formula is C13H17F2N3O2. The molecule has 5 nitrogen and oxygen atoms in total. The monoisotopic (exact) mass is 285 g/mol. The van der Waals surface area contributed by atoms with Crippen molar-refractivity contribution in [3.05, 3.63) is 29.3 Å². The predicted molar refractivity (Wildman–Crippen MR) is 70.9 cm³/mol. The fraction of sp³-hybridized carbons (Fsp3) is 0.462. The van der Waals surface area contributed by atoms with Gasteiger partial charge in [0, 0.05) is 18.7 Å². The van der Waals surface area contributed by atoms with Crippen molar-refractivity contribution in [3.63, 3.8) is 0 Å². The molecule has 1 aromatic rings. The van der Waals surface area contributed by atoms with E-state index in [-0.39, 0.29) is 23.0 Å². The number of hydrogen-bond acceptors (Lipinski definition) is 4. The topological polar surface area (TPSA) is 82.1 Å². The quantitative estimate of drug-likeness (QED) is 0.331. The number of nitrogens with two attached hydrogens (primary N) is 1. The van der Waals surface area contributed by atoms with E-state index in [2.05, 4.69) is 5.16 Å². The van der Waals surface area contributed by atoms with Gasteiger partial charge in [-0.3, -0.25) is 0 Å². The van der Waals surface area contributed by atoms with Gasteiger partial charge < -0.3 is 20.9 Å². The van der Waals surface area contributed by atoms with Gasteiger partial charge in [0.05, 0.1) is 6.10 Å². The number of oxime groups is 1. The van der Waals surface area contributed by atoms with Crippen LogP contribution < -0.4 is 10.6 Å². The molecule has 20 heavy (non-hydrogen) atoms. The predicted octanol–water partition coefficient (Wildman–Crippen LogP) is 1.27. The first-order valence-electron chi connectivity index (χ1n) is 6.34. The lowest BCUT2D eigenvalue weighted by Gasteiger charge is -2.36. The normalized spacial score (nSPS) is 24.0. The SMILES string of the molecule is CC1CN(c2c(F)cc(C(N)=NO)cc2F)CCC1O. The second-order valence-corrected chi connectivity index (χ2v) is 5.05. The zero-order valence-corrected chi connectivity index (χ0v) is 11.1. The van der Waals surface area contributed by atoms with Crippen LogP contribution in [0.1, 0.15) is 18.9 Å². The van der Waals surface area contributed by atoms with E-state index in [1.54, 1.807) is 4.90 Å². The number of aliphatic hydroxyl groups excluding tert-OH is 1. The Balaban J connectivity index is 2.34. The highest BCUT2D eigenvalue weighted by molar-refractivity contribution is 5.97. The molecule has 110 valence electrons. The van der Waals surface area contributed by atoms with E-state index in [9.17, 15) is 13.9 Å². The van der Waals surface area contributed by atoms with Gasteiger partial charge in [0.15, 0.2) is 5.84 Å². The summed E-state index contributed by atoms with van der Waals surface area (Å²) in [5, 5.41) is 20.9. The highest BCUT2D eigenvalue weighted by Gasteiger charge is 2.28. The van der Waals surface area contributed by atoms with Gasteiger partial charge in [-0.2, -0.15) is 0 Å². The molecule has 7 heteroatoms. The maximum Gasteiger partial charge on any atom is 0.170 e. The molecule has 4 N–H and O–H groups in total. The second-order valence-electron chi connectivity index (χ2n) is 5.05. The first-order chi connectivity index (χ1) is 9.43. The van der Waals surface area contributed by atoms with E-state index in [0.717, 1.165) is 12.1 Å². The summed E-state index contributed by atoms with van der Waals surface area (Å²) >= 11 is 0. The molecule has 1 aliphatic rings. The third-order valence-electron chi connectivity index (χ3n) is 3.60. The molecule has 2 atom stereocenters. The lowest BCUT2D eigenvalue weighted by atomic mass is 9.96. The summed E-state index contributed by atoms with van der Waals surface area (Å²) in [6.07, 6.45) is 0.0102. The number of rotatable bonds is 2. The van der Waals surface area contributed by atoms with Crippen LogP contribution in [0.3, 0.4) is 0 Å². The summed E-state index contributed by atoms with van der Waals surface area (Å²) < 4.78 is 28.2. The third kappa shape index (κ3) is 2.67. The number of benzene rings is 1. The van der Waals surface area contributed by atoms with E-state index in [1.807, 2.05) is 6.92 Å². The number of anilines is 1. The fourth-order valence-corrected chi connectivity index (χ4v) is 2.41. The van der Waals surface area contributed by atoms with Gasteiger partial charge in [0.1, 0.15) is 17.3 Å². The van der Waals surface area contributed by atoms with Crippen molar-refractivity contribution in [1.82, 2.24) is 0 Å². The minimum Gasteiger partial charge on any atom is -0.409 e. The van der Waals surface area contributed by atoms with Crippen LogP contribution in [0.2, 0.25) is 0 Å². The van der Waals surface area contributed by atoms with E-state index < -0.39 is 17.7 Å². The Labute approximate surface area is 115 Å². The maximum atomic E-state index is 14.1. The molecule has 1 aliphatic heterocycles. The molecular weight excluding hydrogens is 268 g/mol. The first kappa shape index (κ1) is 14.5. The van der Waals surface area contributed by atoms with E-state index in [0.29, 0.717) is 19.5 Å². The van der Waals surface area contributed by atoms with E-state index in [4.69, 9.17) is 10.9 Å². The average molecular weight is 285 g/mol. The van der Waals surface area contributed by atoms with Crippen molar-refractivity contribution in [2.24, 2.45) is 16.8 Å². The maximum absolute atomic E-state index is 14.1. The van der Waals surface area contributed by atoms with Gasteiger partial charge in [-0.1, -0.05) is 12.1 Å². The fourth-order valence-electron chi connectivity index (χ4n) is 2.41. The van der Waals surface area contributed by atoms with Gasteiger partial charge in [-0.05, 0) is 24.5 Å². The van der Waals surface area contributed by atoms with Crippen LogP contribution >= 0.6 is 0 Å². The molecule has 2 unspecified atom stereocenters. The lowest BCUT2D eigenvalue weighted by Crippen LogP contribution is -2.42. The van der Waals surface area contributed by atoms with Crippen LogP contribution in [0.25, 0.3) is 0 Å². The Bertz CT molecular complexity index is 513. The highest BCUT2D eigenvalue weighted by Crippen LogP contribution is 2.29. The summed E-state index contributed by atoms with van der Waals surface area (Å²) in [4.78, 5) is 1.57. The molecule has 1 fully saturated rings. The molecule has 0 aliphatic carbocycles. The number of piperidine rings is 1. The number of nitrogens with zero attached hydrogens (tertiary/aromatic N) is 2. The molecule has 0 spiro atoms. The van der Waals surface area contributed by atoms with E-state index in [1.165, 1.54) is 0 Å². The molecule has 1 heterocycles. The van der Waals surface area contributed by atoms with Crippen LogP contribution in [0.5, 0.6) is 0 Å². The van der Waals surface area contributed by atoms with Crippen LogP contribution in [-0.4, -0.2) is 35.3 Å². The first-order valence-corrected chi connectivity index (χ1v) is 6.34. The number of amidine groups is 1. The van der Waals surface area contributed by atoms with Gasteiger partial charge in [-0.25, -0.2) is 8.78 Å². The summed E-state index contributed by atoms with van der Waals surface area (Å²) in [7, 11) is 0. The van der Waals surface area contributed by atoms with Gasteiger partial charge in [-0.15, -0.1) is 0 Å². The van der Waals surface area contributed by atoms with Crippen molar-refractivity contribution >= 4 is 11.5 Å². The molecule has 0 aromatic heterocycles. The van der Waals surface area contributed by atoms with Crippen LogP contribution in [0, 0.1) is 17.6 Å². The summed E-state index contributed by atoms with van der Waals surface area (Å²) in [6.45, 7) is 2.58. The number of hydrogen-bond donors (Lipinski definition) is 3. The van der Waals surface area contributed by atoms with Crippen molar-refractivity contribution in [2.75, 3.05) is 18.0 Å². The molecule has 1 saturated heterocycles. The molecule has 0 saturated carbocycles. The average Bonchev–Trinajstić information content (AvgIpc) is 2.41. The number of halogens is 2. The van der Waals surface area contributed by atoms with E-state index >= 15 is 0 Å². The summed E-state index contributed by atoms with van der Waals surface area (Å²) in [6, 6.07) is 2.06. The van der Waals surface area contributed by atoms with Crippen molar-refractivity contribution in [2.45, 2.75) is 19.4 Å². The standard InChI is InChI=1S/C13H17F2N3O2/c1-7-6-18(3-2-11(7)19)12-9(14)4-8(5-10(12)15)13(16)17-20/h4-5,7,11,19-20H,2-3,6H2,1H3,(H2,16,17). The summed E-state index contributed by atoms with van der Waals surface area (Å²) in [5.41, 5.74) is 5.16. The van der Waals surface area contributed by atoms with Crippen molar-refractivity contribution in [1.29, 1.82) is 0 Å².